The molecule has 0 fully saturated rings. The monoisotopic (exact) mass is 374 g/mol. The molecule has 2 aromatic carbocycles. The summed E-state index contributed by atoms with van der Waals surface area (Å²) in [4.78, 5) is 17.1. The molecule has 0 saturated heterocycles. The van der Waals surface area contributed by atoms with E-state index in [2.05, 4.69) is 17.0 Å². The Kier molecular flexibility index (Phi) is 5.57. The molecule has 1 aliphatic heterocycles. The van der Waals surface area contributed by atoms with Gasteiger partial charge in [-0.25, -0.2) is 0 Å². The second-order valence-electron chi connectivity index (χ2n) is 6.20. The van der Waals surface area contributed by atoms with Crippen molar-refractivity contribution in [1.82, 2.24) is 4.90 Å². The zero-order valence-corrected chi connectivity index (χ0v) is 16.0. The van der Waals surface area contributed by atoms with E-state index in [9.17, 15) is 4.79 Å². The summed E-state index contributed by atoms with van der Waals surface area (Å²) in [6.07, 6.45) is 0. The van der Waals surface area contributed by atoms with Crippen molar-refractivity contribution in [2.45, 2.75) is 13.5 Å². The lowest BCUT2D eigenvalue weighted by Crippen LogP contribution is -2.34. The topological polar surface area (TPSA) is 42.0 Å². The first kappa shape index (κ1) is 18.4. The lowest BCUT2D eigenvalue weighted by atomic mass is 10.1. The molecule has 3 rings (SSSR count). The average molecular weight is 375 g/mol. The SMILES string of the molecule is CCOc1c(Cl)cc(C(=O)N2CCN(C)c3ccccc3C2)cc1OC. The number of amides is 1. The average Bonchev–Trinajstić information content (AvgIpc) is 2.82. The predicted octanol–water partition coefficient (Wildman–Crippen LogP) is 3.84. The van der Waals surface area contributed by atoms with Crippen LogP contribution in [0.25, 0.3) is 0 Å². The molecule has 0 radical (unpaired) electrons. The Bertz CT molecular complexity index is 810. The number of rotatable bonds is 4. The molecule has 138 valence electrons. The van der Waals surface area contributed by atoms with Gasteiger partial charge in [0.2, 0.25) is 0 Å². The number of ether oxygens (including phenoxy) is 2. The van der Waals surface area contributed by atoms with Crippen molar-refractivity contribution in [2.75, 3.05) is 38.8 Å². The summed E-state index contributed by atoms with van der Waals surface area (Å²) in [7, 11) is 3.59. The van der Waals surface area contributed by atoms with Gasteiger partial charge < -0.3 is 19.3 Å². The first-order valence-corrected chi connectivity index (χ1v) is 9.01. The van der Waals surface area contributed by atoms with Gasteiger partial charge in [0.15, 0.2) is 11.5 Å². The predicted molar refractivity (Wildman–Crippen MR) is 104 cm³/mol. The molecule has 1 amide bonds. The van der Waals surface area contributed by atoms with Gasteiger partial charge in [0.05, 0.1) is 18.7 Å². The number of hydrogen-bond donors (Lipinski definition) is 0. The standard InChI is InChI=1S/C20H23ClN2O3/c1-4-26-19-16(21)11-15(12-18(19)25-3)20(24)23-10-9-22(2)17-8-6-5-7-14(17)13-23/h5-8,11-12H,4,9-10,13H2,1-3H3. The van der Waals surface area contributed by atoms with E-state index < -0.39 is 0 Å². The Morgan fingerprint density at radius 3 is 2.73 bits per heavy atom. The van der Waals surface area contributed by atoms with Crippen LogP contribution in [0.4, 0.5) is 5.69 Å². The summed E-state index contributed by atoms with van der Waals surface area (Å²) in [5.74, 6) is 0.863. The van der Waals surface area contributed by atoms with Gasteiger partial charge in [-0.3, -0.25) is 4.79 Å². The smallest absolute Gasteiger partial charge is 0.254 e. The Morgan fingerprint density at radius 1 is 1.23 bits per heavy atom. The number of benzene rings is 2. The highest BCUT2D eigenvalue weighted by atomic mass is 35.5. The number of para-hydroxylation sites is 1. The molecule has 0 aliphatic carbocycles. The van der Waals surface area contributed by atoms with Crippen LogP contribution in [-0.4, -0.2) is 44.7 Å². The third-order valence-electron chi connectivity index (χ3n) is 4.52. The van der Waals surface area contributed by atoms with E-state index in [1.165, 1.54) is 0 Å². The summed E-state index contributed by atoms with van der Waals surface area (Å²) in [5, 5.41) is 0.377. The largest absolute Gasteiger partial charge is 0.493 e. The van der Waals surface area contributed by atoms with Crippen LogP contribution >= 0.6 is 11.6 Å². The first-order chi connectivity index (χ1) is 12.5. The second kappa shape index (κ2) is 7.87. The van der Waals surface area contributed by atoms with E-state index in [1.807, 2.05) is 31.0 Å². The lowest BCUT2D eigenvalue weighted by molar-refractivity contribution is 0.0751. The molecule has 2 aromatic rings. The molecule has 0 atom stereocenters. The molecule has 1 aliphatic rings. The summed E-state index contributed by atoms with van der Waals surface area (Å²) in [6.45, 7) is 4.31. The Balaban J connectivity index is 1.91. The van der Waals surface area contributed by atoms with Crippen molar-refractivity contribution < 1.29 is 14.3 Å². The van der Waals surface area contributed by atoms with Crippen LogP contribution in [0.2, 0.25) is 5.02 Å². The first-order valence-electron chi connectivity index (χ1n) is 8.63. The number of methoxy groups -OCH3 is 1. The van der Waals surface area contributed by atoms with E-state index in [0.717, 1.165) is 17.8 Å². The number of likely N-dealkylation sites (N-methyl/N-ethyl adjacent to an activating group) is 1. The minimum Gasteiger partial charge on any atom is -0.493 e. The summed E-state index contributed by atoms with van der Waals surface area (Å²) in [6, 6.07) is 11.5. The molecule has 26 heavy (non-hydrogen) atoms. The second-order valence-corrected chi connectivity index (χ2v) is 6.61. The van der Waals surface area contributed by atoms with Crippen molar-refractivity contribution in [3.63, 3.8) is 0 Å². The van der Waals surface area contributed by atoms with Crippen molar-refractivity contribution >= 4 is 23.2 Å². The van der Waals surface area contributed by atoms with E-state index >= 15 is 0 Å². The van der Waals surface area contributed by atoms with Crippen LogP contribution < -0.4 is 14.4 Å². The van der Waals surface area contributed by atoms with E-state index in [4.69, 9.17) is 21.1 Å². The summed E-state index contributed by atoms with van der Waals surface area (Å²) < 4.78 is 10.9. The van der Waals surface area contributed by atoms with E-state index in [1.54, 1.807) is 19.2 Å². The number of anilines is 1. The number of halogens is 1. The molecule has 0 N–H and O–H groups in total. The molecule has 0 saturated carbocycles. The van der Waals surface area contributed by atoms with E-state index in [-0.39, 0.29) is 5.91 Å². The number of nitrogens with zero attached hydrogens (tertiary/aromatic N) is 2. The van der Waals surface area contributed by atoms with Gasteiger partial charge in [0.1, 0.15) is 0 Å². The molecule has 5 nitrogen and oxygen atoms in total. The van der Waals surface area contributed by atoms with Gasteiger partial charge in [-0.15, -0.1) is 0 Å². The fraction of sp³-hybridized carbons (Fsp3) is 0.350. The van der Waals surface area contributed by atoms with Gasteiger partial charge in [-0.2, -0.15) is 0 Å². The highest BCUT2D eigenvalue weighted by Gasteiger charge is 2.24. The summed E-state index contributed by atoms with van der Waals surface area (Å²) >= 11 is 6.33. The third-order valence-corrected chi connectivity index (χ3v) is 4.80. The number of fused-ring (bicyclic) bond motifs is 1. The number of carbonyl (C=O) groups is 1. The minimum atomic E-state index is -0.0710. The lowest BCUT2D eigenvalue weighted by Gasteiger charge is -2.22. The van der Waals surface area contributed by atoms with Gasteiger partial charge >= 0.3 is 0 Å². The van der Waals surface area contributed by atoms with Crippen molar-refractivity contribution in [3.05, 3.63) is 52.5 Å². The Morgan fingerprint density at radius 2 is 2.00 bits per heavy atom. The maximum absolute atomic E-state index is 13.1. The zero-order valence-electron chi connectivity index (χ0n) is 15.3. The van der Waals surface area contributed by atoms with Crippen LogP contribution in [0.5, 0.6) is 11.5 Å². The highest BCUT2D eigenvalue weighted by molar-refractivity contribution is 6.32. The third kappa shape index (κ3) is 3.58. The molecular weight excluding hydrogens is 352 g/mol. The Labute approximate surface area is 159 Å². The molecule has 1 heterocycles. The zero-order chi connectivity index (χ0) is 18.7. The summed E-state index contributed by atoms with van der Waals surface area (Å²) in [5.41, 5.74) is 2.78. The van der Waals surface area contributed by atoms with Crippen molar-refractivity contribution in [3.8, 4) is 11.5 Å². The molecule has 0 unspecified atom stereocenters. The highest BCUT2D eigenvalue weighted by Crippen LogP contribution is 2.37. The fourth-order valence-electron chi connectivity index (χ4n) is 3.18. The minimum absolute atomic E-state index is 0.0710. The Hall–Kier alpha value is -2.40. The van der Waals surface area contributed by atoms with Gasteiger partial charge in [-0.1, -0.05) is 29.8 Å². The molecule has 6 heteroatoms. The molecule has 0 spiro atoms. The van der Waals surface area contributed by atoms with Crippen LogP contribution in [0, 0.1) is 0 Å². The molecule has 0 bridgehead atoms. The van der Waals surface area contributed by atoms with Gasteiger partial charge in [0.25, 0.3) is 5.91 Å². The van der Waals surface area contributed by atoms with E-state index in [0.29, 0.717) is 41.8 Å². The quantitative estimate of drug-likeness (QED) is 0.815. The fourth-order valence-corrected chi connectivity index (χ4v) is 3.44. The van der Waals surface area contributed by atoms with Crippen molar-refractivity contribution in [1.29, 1.82) is 0 Å². The maximum Gasteiger partial charge on any atom is 0.254 e. The number of carbonyl (C=O) groups excluding carboxylic acids is 1. The van der Waals surface area contributed by atoms with Crippen LogP contribution in [-0.2, 0) is 6.54 Å². The number of hydrogen-bond acceptors (Lipinski definition) is 4. The molecular formula is C20H23ClN2O3. The van der Waals surface area contributed by atoms with Crippen LogP contribution in [0.3, 0.4) is 0 Å². The maximum atomic E-state index is 13.1. The van der Waals surface area contributed by atoms with Gasteiger partial charge in [-0.05, 0) is 30.7 Å². The molecule has 0 aromatic heterocycles. The normalized spacial score (nSPS) is 13.8. The van der Waals surface area contributed by atoms with Crippen LogP contribution in [0.15, 0.2) is 36.4 Å². The van der Waals surface area contributed by atoms with Crippen LogP contribution in [0.1, 0.15) is 22.8 Å². The van der Waals surface area contributed by atoms with Gasteiger partial charge in [0, 0.05) is 37.9 Å². The van der Waals surface area contributed by atoms with Crippen molar-refractivity contribution in [2.24, 2.45) is 0 Å².